The number of benzene rings is 1. The smallest absolute Gasteiger partial charge is 0.335 e. The Balaban J connectivity index is 1.97. The zero-order chi connectivity index (χ0) is 17.8. The Morgan fingerprint density at radius 1 is 1.32 bits per heavy atom. The summed E-state index contributed by atoms with van der Waals surface area (Å²) in [7, 11) is 1.35. The topological polar surface area (TPSA) is 75.3 Å². The Morgan fingerprint density at radius 3 is 2.80 bits per heavy atom. The molecule has 0 unspecified atom stereocenters. The maximum atomic E-state index is 12.3. The van der Waals surface area contributed by atoms with Gasteiger partial charge in [0.1, 0.15) is 5.82 Å². The average Bonchev–Trinajstić information content (AvgIpc) is 2.59. The lowest BCUT2D eigenvalue weighted by Gasteiger charge is -2.25. The largest absolute Gasteiger partial charge is 0.466 e. The summed E-state index contributed by atoms with van der Waals surface area (Å²) < 4.78 is 4.90. The summed E-state index contributed by atoms with van der Waals surface area (Å²) in [5, 5.41) is 0. The number of rotatable bonds is 3. The van der Waals surface area contributed by atoms with Gasteiger partial charge in [-0.2, -0.15) is 0 Å². The Labute approximate surface area is 146 Å². The van der Waals surface area contributed by atoms with E-state index in [1.165, 1.54) is 7.11 Å². The van der Waals surface area contributed by atoms with Crippen molar-refractivity contribution in [1.29, 1.82) is 0 Å². The van der Waals surface area contributed by atoms with Gasteiger partial charge in [0.15, 0.2) is 0 Å². The van der Waals surface area contributed by atoms with Crippen LogP contribution in [0.3, 0.4) is 0 Å². The zero-order valence-corrected chi connectivity index (χ0v) is 14.4. The SMILES string of the molecule is COC(=O)/C1=C/N(Cc2ccccc2)CCc2nc(C)[nH]c(=O)c2C1. The van der Waals surface area contributed by atoms with Gasteiger partial charge < -0.3 is 14.6 Å². The molecule has 0 spiro atoms. The molecule has 3 rings (SSSR count). The molecule has 0 saturated heterocycles. The van der Waals surface area contributed by atoms with Gasteiger partial charge in [-0.25, -0.2) is 9.78 Å². The highest BCUT2D eigenvalue weighted by Gasteiger charge is 2.21. The van der Waals surface area contributed by atoms with E-state index in [-0.39, 0.29) is 12.0 Å². The number of H-pyrrole nitrogens is 1. The number of esters is 1. The minimum atomic E-state index is -0.425. The second-order valence-electron chi connectivity index (χ2n) is 6.11. The summed E-state index contributed by atoms with van der Waals surface area (Å²) in [6.45, 7) is 3.11. The van der Waals surface area contributed by atoms with Gasteiger partial charge in [-0.1, -0.05) is 30.3 Å². The van der Waals surface area contributed by atoms with Gasteiger partial charge in [0, 0.05) is 37.7 Å². The molecule has 1 aromatic heterocycles. The molecule has 0 bridgehead atoms. The molecular weight excluding hydrogens is 318 g/mol. The first-order chi connectivity index (χ1) is 12.1. The lowest BCUT2D eigenvalue weighted by Crippen LogP contribution is -2.29. The van der Waals surface area contributed by atoms with Crippen LogP contribution in [0.25, 0.3) is 0 Å². The van der Waals surface area contributed by atoms with Crippen LogP contribution in [0.4, 0.5) is 0 Å². The number of carbonyl (C=O) groups is 1. The standard InChI is InChI=1S/C19H21N3O3/c1-13-20-17-8-9-22(11-14-6-4-3-5-7-14)12-15(19(24)25-2)10-16(17)18(23)21-13/h3-7,12H,8-11H2,1-2H3,(H,20,21,23)/b15-12+. The minimum Gasteiger partial charge on any atom is -0.466 e. The van der Waals surface area contributed by atoms with Crippen molar-refractivity contribution in [3.8, 4) is 0 Å². The molecule has 25 heavy (non-hydrogen) atoms. The summed E-state index contributed by atoms with van der Waals surface area (Å²) in [6, 6.07) is 10.0. The van der Waals surface area contributed by atoms with Crippen molar-refractivity contribution in [3.63, 3.8) is 0 Å². The number of aryl methyl sites for hydroxylation is 1. The van der Waals surface area contributed by atoms with Gasteiger partial charge >= 0.3 is 5.97 Å². The fraction of sp³-hybridized carbons (Fsp3) is 0.316. The maximum Gasteiger partial charge on any atom is 0.335 e. The molecule has 130 valence electrons. The van der Waals surface area contributed by atoms with E-state index in [0.717, 1.165) is 11.3 Å². The fourth-order valence-electron chi connectivity index (χ4n) is 3.03. The Hall–Kier alpha value is -2.89. The molecule has 1 aliphatic rings. The molecule has 2 aromatic rings. The number of nitrogens with zero attached hydrogens (tertiary/aromatic N) is 2. The third-order valence-electron chi connectivity index (χ3n) is 4.24. The maximum absolute atomic E-state index is 12.3. The number of ether oxygens (including phenoxy) is 1. The molecule has 6 nitrogen and oxygen atoms in total. The van der Waals surface area contributed by atoms with E-state index in [9.17, 15) is 9.59 Å². The average molecular weight is 339 g/mol. The second-order valence-corrected chi connectivity index (χ2v) is 6.11. The van der Waals surface area contributed by atoms with Crippen LogP contribution in [-0.2, 0) is 28.9 Å². The lowest BCUT2D eigenvalue weighted by molar-refractivity contribution is -0.136. The Morgan fingerprint density at radius 2 is 2.08 bits per heavy atom. The molecule has 6 heteroatoms. The van der Waals surface area contributed by atoms with Crippen molar-refractivity contribution < 1.29 is 9.53 Å². The molecule has 1 N–H and O–H groups in total. The van der Waals surface area contributed by atoms with E-state index >= 15 is 0 Å². The van der Waals surface area contributed by atoms with Gasteiger partial charge in [0.25, 0.3) is 5.56 Å². The number of aromatic nitrogens is 2. The summed E-state index contributed by atoms with van der Waals surface area (Å²) in [4.78, 5) is 33.7. The highest BCUT2D eigenvalue weighted by molar-refractivity contribution is 5.88. The van der Waals surface area contributed by atoms with Crippen LogP contribution in [0.15, 0.2) is 46.9 Å². The summed E-state index contributed by atoms with van der Waals surface area (Å²) in [6.07, 6.45) is 2.68. The Bertz CT molecular complexity index is 856. The van der Waals surface area contributed by atoms with Crippen molar-refractivity contribution in [3.05, 3.63) is 75.1 Å². The molecule has 0 saturated carbocycles. The van der Waals surface area contributed by atoms with Crippen LogP contribution in [0, 0.1) is 6.92 Å². The third-order valence-corrected chi connectivity index (χ3v) is 4.24. The van der Waals surface area contributed by atoms with E-state index in [4.69, 9.17) is 4.74 Å². The van der Waals surface area contributed by atoms with Crippen molar-refractivity contribution >= 4 is 5.97 Å². The van der Waals surface area contributed by atoms with Crippen molar-refractivity contribution in [2.24, 2.45) is 0 Å². The quantitative estimate of drug-likeness (QED) is 0.862. The number of methoxy groups -OCH3 is 1. The highest BCUT2D eigenvalue weighted by atomic mass is 16.5. The highest BCUT2D eigenvalue weighted by Crippen LogP contribution is 2.17. The molecule has 0 radical (unpaired) electrons. The summed E-state index contributed by atoms with van der Waals surface area (Å²) in [5.74, 6) is 0.161. The van der Waals surface area contributed by atoms with Crippen LogP contribution in [0.1, 0.15) is 22.6 Å². The van der Waals surface area contributed by atoms with E-state index in [1.807, 2.05) is 30.3 Å². The first kappa shape index (κ1) is 17.0. The van der Waals surface area contributed by atoms with E-state index in [0.29, 0.717) is 36.5 Å². The van der Waals surface area contributed by atoms with Gasteiger partial charge in [-0.05, 0) is 12.5 Å². The van der Waals surface area contributed by atoms with Crippen molar-refractivity contribution in [1.82, 2.24) is 14.9 Å². The molecule has 0 fully saturated rings. The van der Waals surface area contributed by atoms with Crippen LogP contribution in [0.5, 0.6) is 0 Å². The molecule has 0 aliphatic carbocycles. The first-order valence-electron chi connectivity index (χ1n) is 8.22. The first-order valence-corrected chi connectivity index (χ1v) is 8.22. The molecule has 0 atom stereocenters. The lowest BCUT2D eigenvalue weighted by atomic mass is 10.0. The third kappa shape index (κ3) is 3.96. The van der Waals surface area contributed by atoms with Gasteiger partial charge in [-0.3, -0.25) is 4.79 Å². The number of nitrogens with one attached hydrogen (secondary N) is 1. The van der Waals surface area contributed by atoms with Gasteiger partial charge in [0.05, 0.1) is 18.4 Å². The van der Waals surface area contributed by atoms with Crippen molar-refractivity contribution in [2.75, 3.05) is 13.7 Å². The summed E-state index contributed by atoms with van der Waals surface area (Å²) >= 11 is 0. The molecule has 0 amide bonds. The molecule has 1 aliphatic heterocycles. The number of hydrogen-bond donors (Lipinski definition) is 1. The van der Waals surface area contributed by atoms with Crippen LogP contribution >= 0.6 is 0 Å². The normalized spacial score (nSPS) is 16.2. The van der Waals surface area contributed by atoms with E-state index in [2.05, 4.69) is 14.9 Å². The minimum absolute atomic E-state index is 0.186. The molecule has 1 aromatic carbocycles. The van der Waals surface area contributed by atoms with Crippen molar-refractivity contribution in [2.45, 2.75) is 26.3 Å². The van der Waals surface area contributed by atoms with E-state index < -0.39 is 5.97 Å². The number of carbonyl (C=O) groups excluding carboxylic acids is 1. The second kappa shape index (κ2) is 7.34. The van der Waals surface area contributed by atoms with Crippen LogP contribution in [0.2, 0.25) is 0 Å². The molecule has 2 heterocycles. The number of fused-ring (bicyclic) bond motifs is 1. The molecular formula is C19H21N3O3. The van der Waals surface area contributed by atoms with Crippen LogP contribution < -0.4 is 5.56 Å². The number of aromatic amines is 1. The van der Waals surface area contributed by atoms with E-state index in [1.54, 1.807) is 13.1 Å². The summed E-state index contributed by atoms with van der Waals surface area (Å²) in [5.41, 5.74) is 2.71. The zero-order valence-electron chi connectivity index (χ0n) is 14.4. The van der Waals surface area contributed by atoms with Crippen LogP contribution in [-0.4, -0.2) is 34.5 Å². The van der Waals surface area contributed by atoms with Gasteiger partial charge in [0.2, 0.25) is 0 Å². The van der Waals surface area contributed by atoms with Gasteiger partial charge in [-0.15, -0.1) is 0 Å². The number of hydrogen-bond acceptors (Lipinski definition) is 5. The predicted octanol–water partition coefficient (Wildman–Crippen LogP) is 1.74. The Kier molecular flexibility index (Phi) is 4.97. The fourth-order valence-corrected chi connectivity index (χ4v) is 3.03. The predicted molar refractivity (Wildman–Crippen MR) is 94.0 cm³/mol. The monoisotopic (exact) mass is 339 g/mol.